The average molecular weight is 916 g/mol. The molecule has 0 aromatic heterocycles. The van der Waals surface area contributed by atoms with Crippen LogP contribution in [0.2, 0.25) is 0 Å². The summed E-state index contributed by atoms with van der Waals surface area (Å²) in [6.07, 6.45) is 20.6. The second-order valence-corrected chi connectivity index (χ2v) is 18.9. The lowest BCUT2D eigenvalue weighted by molar-refractivity contribution is -0.201. The molecule has 16 nitrogen and oxygen atoms in total. The Labute approximate surface area is 385 Å². The predicted molar refractivity (Wildman–Crippen MR) is 240 cm³/mol. The largest absolute Gasteiger partial charge is 0.393 e. The minimum absolute atomic E-state index is 0.0105. The van der Waals surface area contributed by atoms with Crippen molar-refractivity contribution in [3.8, 4) is 0 Å². The van der Waals surface area contributed by atoms with Gasteiger partial charge in [-0.05, 0) is 69.6 Å². The fourth-order valence-corrected chi connectivity index (χ4v) is 11.6. The topological polar surface area (TPSA) is 198 Å². The number of nitrogens with one attached hydrogen (secondary N) is 3. The van der Waals surface area contributed by atoms with Crippen LogP contribution >= 0.6 is 0 Å². The Morgan fingerprint density at radius 2 is 1.58 bits per heavy atom. The van der Waals surface area contributed by atoms with Crippen molar-refractivity contribution in [1.82, 2.24) is 16.0 Å². The molecule has 10 atom stereocenters. The third-order valence-corrected chi connectivity index (χ3v) is 14.6. The molecule has 6 aliphatic rings. The number of allylic oxidation sites excluding steroid dienone is 5. The van der Waals surface area contributed by atoms with E-state index in [1.807, 2.05) is 0 Å². The van der Waals surface area contributed by atoms with Crippen molar-refractivity contribution >= 4 is 23.5 Å². The minimum atomic E-state index is -1.26. The van der Waals surface area contributed by atoms with Gasteiger partial charge in [0.05, 0.1) is 77.7 Å². The third-order valence-electron chi connectivity index (χ3n) is 14.6. The van der Waals surface area contributed by atoms with Gasteiger partial charge >= 0.3 is 0 Å². The summed E-state index contributed by atoms with van der Waals surface area (Å²) < 4.78 is 46.6. The molecule has 1 saturated heterocycles. The van der Waals surface area contributed by atoms with E-state index in [0.717, 1.165) is 44.9 Å². The van der Waals surface area contributed by atoms with E-state index in [0.29, 0.717) is 72.1 Å². The first-order valence-electron chi connectivity index (χ1n) is 24.4. The number of ketones is 1. The van der Waals surface area contributed by atoms with Crippen molar-refractivity contribution in [3.63, 3.8) is 0 Å². The number of amides is 3. The van der Waals surface area contributed by atoms with Crippen LogP contribution in [0.4, 0.5) is 0 Å². The molecule has 16 heteroatoms. The Morgan fingerprint density at radius 3 is 2.35 bits per heavy atom. The third kappa shape index (κ3) is 13.1. The molecule has 0 aromatic rings. The zero-order chi connectivity index (χ0) is 46.1. The van der Waals surface area contributed by atoms with Gasteiger partial charge in [-0.1, -0.05) is 76.0 Å². The highest BCUT2D eigenvalue weighted by Gasteiger charge is 2.75. The number of Topliss-reactive ketones (excluding diaryl/α,β-unsaturated/α-hetero) is 1. The molecule has 3 saturated carbocycles. The summed E-state index contributed by atoms with van der Waals surface area (Å²) in [4.78, 5) is 51.2. The van der Waals surface area contributed by atoms with Gasteiger partial charge in [0.15, 0.2) is 17.7 Å². The number of hydrogen-bond acceptors (Lipinski definition) is 13. The standard InChI is InChI=1S/C49H77N3O13/c1-4-12-45-64-41-29-38-37-17-16-35-13-10-11-19-47(35,2)46(37)39(53)30-48(38,3)49(41,65-45)40(54)32-62-34-52-43(56)31-51-42(55)18-21-58-23-25-60-27-28-61-26-24-59-22-20-50-44(57)33-63-36-14-8-6-5-7-9-15-36/h8,11,13-14,19,36-39,41,45-46,53H,4-7,9-10,12,15-18,20-34H2,1-3H3,(H,50,57)(H,51,55)(H,52,56)/b14-8-/t36?,37-,38-,39-,41+,45?,46+,47-,48-,49+/m0/s1. The highest BCUT2D eigenvalue weighted by atomic mass is 16.7. The maximum atomic E-state index is 14.4. The van der Waals surface area contributed by atoms with Crippen LogP contribution in [0, 0.1) is 28.6 Å². The van der Waals surface area contributed by atoms with Gasteiger partial charge in [0, 0.05) is 29.7 Å². The van der Waals surface area contributed by atoms with Gasteiger partial charge in [0.25, 0.3) is 0 Å². The lowest BCUT2D eigenvalue weighted by Crippen LogP contribution is -2.63. The summed E-state index contributed by atoms with van der Waals surface area (Å²) in [6.45, 7) is 8.91. The first kappa shape index (κ1) is 51.3. The van der Waals surface area contributed by atoms with Gasteiger partial charge in [0.1, 0.15) is 19.9 Å². The molecule has 0 spiro atoms. The van der Waals surface area contributed by atoms with E-state index in [1.54, 1.807) is 0 Å². The number of hydrogen-bond donors (Lipinski definition) is 4. The zero-order valence-electron chi connectivity index (χ0n) is 39.2. The van der Waals surface area contributed by atoms with Gasteiger partial charge in [0.2, 0.25) is 17.7 Å². The molecule has 4 fully saturated rings. The van der Waals surface area contributed by atoms with Crippen LogP contribution in [0.15, 0.2) is 36.0 Å². The first-order chi connectivity index (χ1) is 31.5. The van der Waals surface area contributed by atoms with Crippen molar-refractivity contribution in [1.29, 1.82) is 0 Å². The molecule has 2 unspecified atom stereocenters. The molecule has 3 amide bonds. The van der Waals surface area contributed by atoms with E-state index in [2.05, 4.69) is 67.1 Å². The fourth-order valence-electron chi connectivity index (χ4n) is 11.6. The van der Waals surface area contributed by atoms with Crippen LogP contribution in [0.3, 0.4) is 0 Å². The second kappa shape index (κ2) is 25.3. The van der Waals surface area contributed by atoms with E-state index in [9.17, 15) is 24.3 Å². The van der Waals surface area contributed by atoms with Gasteiger partial charge in [-0.3, -0.25) is 19.2 Å². The van der Waals surface area contributed by atoms with Crippen LogP contribution < -0.4 is 16.0 Å². The monoisotopic (exact) mass is 916 g/mol. The maximum Gasteiger partial charge on any atom is 0.246 e. The summed E-state index contributed by atoms with van der Waals surface area (Å²) in [6, 6.07) is 0. The van der Waals surface area contributed by atoms with Crippen LogP contribution in [0.5, 0.6) is 0 Å². The molecular weight excluding hydrogens is 839 g/mol. The first-order valence-corrected chi connectivity index (χ1v) is 24.4. The molecule has 4 N–H and O–H groups in total. The highest BCUT2D eigenvalue weighted by molar-refractivity contribution is 5.91. The van der Waals surface area contributed by atoms with Gasteiger partial charge in [-0.2, -0.15) is 0 Å². The number of aliphatic hydroxyl groups excluding tert-OH is 1. The lowest BCUT2D eigenvalue weighted by atomic mass is 9.46. The lowest BCUT2D eigenvalue weighted by Gasteiger charge is -2.59. The van der Waals surface area contributed by atoms with Crippen molar-refractivity contribution in [2.45, 2.75) is 134 Å². The van der Waals surface area contributed by atoms with Crippen molar-refractivity contribution in [3.05, 3.63) is 36.0 Å². The highest BCUT2D eigenvalue weighted by Crippen LogP contribution is 2.69. The molecule has 6 rings (SSSR count). The second-order valence-electron chi connectivity index (χ2n) is 18.9. The van der Waals surface area contributed by atoms with Crippen molar-refractivity contribution in [2.24, 2.45) is 28.6 Å². The molecule has 1 heterocycles. The van der Waals surface area contributed by atoms with Crippen LogP contribution in [-0.2, 0) is 57.1 Å². The van der Waals surface area contributed by atoms with E-state index in [1.165, 1.54) is 18.4 Å². The average Bonchev–Trinajstić information content (AvgIpc) is 3.76. The summed E-state index contributed by atoms with van der Waals surface area (Å²) in [5, 5.41) is 19.9. The summed E-state index contributed by atoms with van der Waals surface area (Å²) in [5.41, 5.74) is -0.694. The molecule has 5 aliphatic carbocycles. The number of aliphatic hydroxyl groups is 1. The number of carbonyl (C=O) groups is 4. The quantitative estimate of drug-likeness (QED) is 0.0520. The zero-order valence-corrected chi connectivity index (χ0v) is 39.2. The maximum absolute atomic E-state index is 14.4. The minimum Gasteiger partial charge on any atom is -0.393 e. The van der Waals surface area contributed by atoms with E-state index >= 15 is 0 Å². The molecule has 366 valence electrons. The molecule has 0 bridgehead atoms. The number of carbonyl (C=O) groups excluding carboxylic acids is 4. The number of rotatable bonds is 27. The van der Waals surface area contributed by atoms with E-state index < -0.39 is 35.4 Å². The Bertz CT molecular complexity index is 1660. The molecule has 0 aromatic carbocycles. The summed E-state index contributed by atoms with van der Waals surface area (Å²) in [5.74, 6) is -0.757. The van der Waals surface area contributed by atoms with Crippen LogP contribution in [-0.4, -0.2) is 145 Å². The van der Waals surface area contributed by atoms with Gasteiger partial charge in [-0.15, -0.1) is 0 Å². The van der Waals surface area contributed by atoms with Gasteiger partial charge < -0.3 is 59.0 Å². The predicted octanol–water partition coefficient (Wildman–Crippen LogP) is 4.23. The Kier molecular flexibility index (Phi) is 20.0. The van der Waals surface area contributed by atoms with E-state index in [-0.39, 0.29) is 86.4 Å². The van der Waals surface area contributed by atoms with Crippen molar-refractivity contribution < 1.29 is 62.2 Å². The molecular formula is C49H77N3O13. The molecule has 0 radical (unpaired) electrons. The smallest absolute Gasteiger partial charge is 0.246 e. The Morgan fingerprint density at radius 1 is 0.831 bits per heavy atom. The SMILES string of the molecule is CCCC1O[C@@H]2C[C@H]3[C@@H]4CCC5=CCC=C[C@]5(C)[C@H]4[C@@H](O)C[C@]3(C)[C@]2(C(=O)COCNC(=O)CNC(=O)CCOCCOCCOCCOCCNC(=O)COC2/C=C\CCCCC2)O1. The molecule has 65 heavy (non-hydrogen) atoms. The summed E-state index contributed by atoms with van der Waals surface area (Å²) in [7, 11) is 0. The van der Waals surface area contributed by atoms with Crippen LogP contribution in [0.25, 0.3) is 0 Å². The number of fused-ring (bicyclic) bond motifs is 7. The van der Waals surface area contributed by atoms with Crippen molar-refractivity contribution in [2.75, 3.05) is 85.9 Å². The summed E-state index contributed by atoms with van der Waals surface area (Å²) >= 11 is 0. The normalized spacial score (nSPS) is 33.0. The van der Waals surface area contributed by atoms with Crippen LogP contribution in [0.1, 0.15) is 104 Å². The Balaban J connectivity index is 0.775. The fraction of sp³-hybridized carbons (Fsp3) is 0.796. The van der Waals surface area contributed by atoms with Gasteiger partial charge in [-0.25, -0.2) is 0 Å². The number of ether oxygens (including phenoxy) is 8. The van der Waals surface area contributed by atoms with E-state index in [4.69, 9.17) is 37.9 Å². The molecule has 1 aliphatic heterocycles. The Hall–Kier alpha value is -3.06.